The first kappa shape index (κ1) is 20.5. The lowest BCUT2D eigenvalue weighted by atomic mass is 9.99. The maximum Gasteiger partial charge on any atom is 0.104 e. The number of hydrogen-bond acceptors (Lipinski definition) is 6. The zero-order valence-electron chi connectivity index (χ0n) is 16.5. The highest BCUT2D eigenvalue weighted by atomic mass is 16.5. The van der Waals surface area contributed by atoms with Crippen molar-refractivity contribution in [2.24, 2.45) is 0 Å². The molecule has 2 heterocycles. The molecule has 7 atom stereocenters. The molecule has 0 bridgehead atoms. The monoisotopic (exact) mass is 399 g/mol. The Morgan fingerprint density at radius 3 is 1.83 bits per heavy atom. The molecule has 2 fully saturated rings. The summed E-state index contributed by atoms with van der Waals surface area (Å²) in [4.78, 5) is 1.97. The molecule has 2 aliphatic rings. The van der Waals surface area contributed by atoms with Crippen molar-refractivity contribution in [3.8, 4) is 0 Å². The van der Waals surface area contributed by atoms with Gasteiger partial charge in [0, 0.05) is 6.04 Å². The summed E-state index contributed by atoms with van der Waals surface area (Å²) in [6.45, 7) is 2.49. The largest absolute Gasteiger partial charge is 0.395 e. The molecule has 0 radical (unpaired) electrons. The van der Waals surface area contributed by atoms with E-state index in [0.717, 1.165) is 11.1 Å². The molecule has 2 saturated heterocycles. The van der Waals surface area contributed by atoms with Crippen molar-refractivity contribution in [2.75, 3.05) is 6.61 Å². The van der Waals surface area contributed by atoms with Gasteiger partial charge in [0.05, 0.1) is 44.1 Å². The lowest BCUT2D eigenvalue weighted by Crippen LogP contribution is -2.46. The van der Waals surface area contributed by atoms with Crippen molar-refractivity contribution in [2.45, 2.75) is 62.7 Å². The van der Waals surface area contributed by atoms with Gasteiger partial charge in [0.15, 0.2) is 0 Å². The summed E-state index contributed by atoms with van der Waals surface area (Å²) < 4.78 is 12.5. The van der Waals surface area contributed by atoms with Crippen molar-refractivity contribution in [3.63, 3.8) is 0 Å². The van der Waals surface area contributed by atoms with Crippen LogP contribution in [0, 0.1) is 0 Å². The van der Waals surface area contributed by atoms with Crippen LogP contribution in [0.25, 0.3) is 0 Å². The van der Waals surface area contributed by atoms with Gasteiger partial charge in [0.25, 0.3) is 0 Å². The average molecular weight is 399 g/mol. The van der Waals surface area contributed by atoms with Crippen molar-refractivity contribution in [1.82, 2.24) is 4.90 Å². The lowest BCUT2D eigenvalue weighted by molar-refractivity contribution is -0.101. The van der Waals surface area contributed by atoms with Crippen LogP contribution < -0.4 is 0 Å². The quantitative estimate of drug-likeness (QED) is 0.652. The van der Waals surface area contributed by atoms with E-state index in [0.29, 0.717) is 13.2 Å². The summed E-state index contributed by atoms with van der Waals surface area (Å²) in [5.74, 6) is 0. The van der Waals surface area contributed by atoms with E-state index < -0.39 is 30.5 Å². The highest BCUT2D eigenvalue weighted by molar-refractivity contribution is 5.17. The zero-order valence-corrected chi connectivity index (χ0v) is 16.5. The Hall–Kier alpha value is -1.80. The van der Waals surface area contributed by atoms with Gasteiger partial charge in [-0.05, 0) is 18.1 Å². The molecule has 2 aliphatic heterocycles. The second-order valence-corrected chi connectivity index (χ2v) is 7.93. The topological polar surface area (TPSA) is 82.4 Å². The van der Waals surface area contributed by atoms with E-state index in [4.69, 9.17) is 9.47 Å². The SMILES string of the molecule is C[C@H]1[C@H](O)[C@@H](O)[C@@H]2[C@@H](OCc3ccccc3)[C@H](OCc3ccccc3)[C@@H](CO)N21. The van der Waals surface area contributed by atoms with E-state index in [1.165, 1.54) is 0 Å². The number of aliphatic hydroxyl groups excluding tert-OH is 3. The average Bonchev–Trinajstić information content (AvgIpc) is 3.19. The van der Waals surface area contributed by atoms with E-state index in [1.54, 1.807) is 0 Å². The third-order valence-electron chi connectivity index (χ3n) is 6.19. The second-order valence-electron chi connectivity index (χ2n) is 7.93. The standard InChI is InChI=1S/C23H29NO5/c1-15-20(26)21(27)19-23(29-14-17-10-6-3-7-11-17)22(18(12-25)24(15)19)28-13-16-8-4-2-5-9-16/h2-11,15,18-23,25-27H,12-14H2,1H3/t15-,18+,19+,20-,21-,22+,23+/m0/s1. The molecule has 2 aromatic carbocycles. The van der Waals surface area contributed by atoms with Crippen LogP contribution in [0.5, 0.6) is 0 Å². The predicted octanol–water partition coefficient (Wildman–Crippen LogP) is 1.33. The number of nitrogens with zero attached hydrogens (tertiary/aromatic N) is 1. The van der Waals surface area contributed by atoms with Crippen LogP contribution in [0.15, 0.2) is 60.7 Å². The van der Waals surface area contributed by atoms with E-state index >= 15 is 0 Å². The highest BCUT2D eigenvalue weighted by Gasteiger charge is 2.61. The van der Waals surface area contributed by atoms with Crippen LogP contribution in [-0.2, 0) is 22.7 Å². The minimum Gasteiger partial charge on any atom is -0.395 e. The normalized spacial score (nSPS) is 34.4. The molecule has 0 aliphatic carbocycles. The van der Waals surface area contributed by atoms with E-state index in [2.05, 4.69) is 0 Å². The summed E-state index contributed by atoms with van der Waals surface area (Å²) in [5.41, 5.74) is 2.06. The van der Waals surface area contributed by atoms with Gasteiger partial charge in [-0.25, -0.2) is 0 Å². The first-order chi connectivity index (χ1) is 14.1. The van der Waals surface area contributed by atoms with Gasteiger partial charge >= 0.3 is 0 Å². The van der Waals surface area contributed by atoms with Gasteiger partial charge < -0.3 is 24.8 Å². The molecule has 4 rings (SSSR count). The molecular weight excluding hydrogens is 370 g/mol. The summed E-state index contributed by atoms with van der Waals surface area (Å²) in [6.07, 6.45) is -2.72. The van der Waals surface area contributed by atoms with Crippen LogP contribution in [-0.4, -0.2) is 69.4 Å². The Bertz CT molecular complexity index is 773. The van der Waals surface area contributed by atoms with Crippen LogP contribution in [0.1, 0.15) is 18.1 Å². The van der Waals surface area contributed by atoms with E-state index in [9.17, 15) is 15.3 Å². The molecule has 6 heteroatoms. The van der Waals surface area contributed by atoms with Crippen LogP contribution in [0.3, 0.4) is 0 Å². The van der Waals surface area contributed by atoms with Gasteiger partial charge in [-0.1, -0.05) is 60.7 Å². The van der Waals surface area contributed by atoms with Gasteiger partial charge in [-0.2, -0.15) is 0 Å². The number of benzene rings is 2. The molecule has 6 nitrogen and oxygen atoms in total. The highest BCUT2D eigenvalue weighted by Crippen LogP contribution is 2.40. The molecule has 0 aromatic heterocycles. The molecule has 2 aromatic rings. The van der Waals surface area contributed by atoms with Gasteiger partial charge in [-0.15, -0.1) is 0 Å². The Balaban J connectivity index is 1.56. The smallest absolute Gasteiger partial charge is 0.104 e. The summed E-state index contributed by atoms with van der Waals surface area (Å²) in [6, 6.07) is 18.6. The summed E-state index contributed by atoms with van der Waals surface area (Å²) in [5, 5.41) is 31.3. The Morgan fingerprint density at radius 2 is 1.31 bits per heavy atom. The van der Waals surface area contributed by atoms with Crippen LogP contribution in [0.4, 0.5) is 0 Å². The first-order valence-electron chi connectivity index (χ1n) is 10.2. The van der Waals surface area contributed by atoms with Crippen LogP contribution >= 0.6 is 0 Å². The van der Waals surface area contributed by atoms with Crippen molar-refractivity contribution < 1.29 is 24.8 Å². The van der Waals surface area contributed by atoms with Gasteiger partial charge in [-0.3, -0.25) is 4.90 Å². The minimum atomic E-state index is -0.954. The molecule has 0 unspecified atom stereocenters. The Labute approximate surface area is 171 Å². The fraction of sp³-hybridized carbons (Fsp3) is 0.478. The van der Waals surface area contributed by atoms with Gasteiger partial charge in [0.2, 0.25) is 0 Å². The maximum absolute atomic E-state index is 10.7. The van der Waals surface area contributed by atoms with Crippen molar-refractivity contribution >= 4 is 0 Å². The van der Waals surface area contributed by atoms with Gasteiger partial charge in [0.1, 0.15) is 12.2 Å². The number of aliphatic hydroxyl groups is 3. The predicted molar refractivity (Wildman–Crippen MR) is 108 cm³/mol. The third kappa shape index (κ3) is 3.97. The lowest BCUT2D eigenvalue weighted by Gasteiger charge is -2.30. The minimum absolute atomic E-state index is 0.134. The fourth-order valence-corrected chi connectivity index (χ4v) is 4.71. The van der Waals surface area contributed by atoms with Crippen molar-refractivity contribution in [3.05, 3.63) is 71.8 Å². The maximum atomic E-state index is 10.7. The molecular formula is C23H29NO5. The molecule has 3 N–H and O–H groups in total. The van der Waals surface area contributed by atoms with Crippen LogP contribution in [0.2, 0.25) is 0 Å². The molecule has 0 saturated carbocycles. The molecule has 0 spiro atoms. The molecule has 156 valence electrons. The first-order valence-corrected chi connectivity index (χ1v) is 10.2. The number of hydrogen-bond donors (Lipinski definition) is 3. The second kappa shape index (κ2) is 8.92. The molecule has 29 heavy (non-hydrogen) atoms. The number of ether oxygens (including phenoxy) is 2. The Kier molecular flexibility index (Phi) is 6.29. The number of fused-ring (bicyclic) bond motifs is 1. The summed E-state index contributed by atoms with van der Waals surface area (Å²) >= 11 is 0. The van der Waals surface area contributed by atoms with E-state index in [1.807, 2.05) is 72.5 Å². The number of rotatable bonds is 7. The van der Waals surface area contributed by atoms with E-state index in [-0.39, 0.29) is 18.7 Å². The zero-order chi connectivity index (χ0) is 20.4. The third-order valence-corrected chi connectivity index (χ3v) is 6.19. The Morgan fingerprint density at radius 1 is 0.793 bits per heavy atom. The summed E-state index contributed by atoms with van der Waals surface area (Å²) in [7, 11) is 0. The molecule has 0 amide bonds. The fourth-order valence-electron chi connectivity index (χ4n) is 4.71. The van der Waals surface area contributed by atoms with Crippen molar-refractivity contribution in [1.29, 1.82) is 0 Å².